The number of carbonyl (C=O) groups is 1. The van der Waals surface area contributed by atoms with E-state index in [4.69, 9.17) is 0 Å². The lowest BCUT2D eigenvalue weighted by Crippen LogP contribution is -2.36. The Hall–Kier alpha value is -2.47. The number of amides is 1. The molecule has 0 saturated carbocycles. The smallest absolute Gasteiger partial charge is 0.227 e. The Labute approximate surface area is 165 Å². The molecule has 0 radical (unpaired) electrons. The molecule has 1 fully saturated rings. The predicted molar refractivity (Wildman–Crippen MR) is 113 cm³/mol. The number of nitrogens with zero attached hydrogens (tertiary/aromatic N) is 2. The first-order valence-electron chi connectivity index (χ1n) is 9.16. The van der Waals surface area contributed by atoms with Crippen molar-refractivity contribution < 1.29 is 4.79 Å². The summed E-state index contributed by atoms with van der Waals surface area (Å²) >= 11 is 1.74. The van der Waals surface area contributed by atoms with Crippen molar-refractivity contribution in [1.82, 2.24) is 10.6 Å². The number of aliphatic imine (C=N–C) groups is 1. The normalized spacial score (nSPS) is 14.5. The van der Waals surface area contributed by atoms with Gasteiger partial charge in [0.15, 0.2) is 5.96 Å². The standard InChI is InChI=1S/C21H26N4OS/c1-22-21(24-15-17-7-11-19(27-2)12-8-17)23-14-16-5-9-18(10-6-16)25-13-3-4-20(25)26/h5-12H,3-4,13-15H2,1-2H3,(H2,22,23,24). The van der Waals surface area contributed by atoms with Crippen LogP contribution in [0.25, 0.3) is 0 Å². The number of anilines is 1. The first kappa shape index (κ1) is 19.3. The van der Waals surface area contributed by atoms with E-state index in [1.165, 1.54) is 10.5 Å². The van der Waals surface area contributed by atoms with E-state index in [1.807, 2.05) is 17.0 Å². The third kappa shape index (κ3) is 5.26. The van der Waals surface area contributed by atoms with E-state index in [1.54, 1.807) is 18.8 Å². The summed E-state index contributed by atoms with van der Waals surface area (Å²) in [7, 11) is 1.77. The molecular formula is C21H26N4OS. The largest absolute Gasteiger partial charge is 0.352 e. The van der Waals surface area contributed by atoms with Crippen molar-refractivity contribution in [2.75, 3.05) is 24.7 Å². The van der Waals surface area contributed by atoms with Gasteiger partial charge in [0.05, 0.1) is 0 Å². The van der Waals surface area contributed by atoms with E-state index < -0.39 is 0 Å². The van der Waals surface area contributed by atoms with E-state index in [0.29, 0.717) is 13.0 Å². The molecule has 0 aliphatic carbocycles. The minimum Gasteiger partial charge on any atom is -0.352 e. The van der Waals surface area contributed by atoms with E-state index in [-0.39, 0.29) is 5.91 Å². The maximum Gasteiger partial charge on any atom is 0.227 e. The molecule has 5 nitrogen and oxygen atoms in total. The zero-order valence-electron chi connectivity index (χ0n) is 15.9. The molecule has 0 bridgehead atoms. The fraction of sp³-hybridized carbons (Fsp3) is 0.333. The first-order valence-corrected chi connectivity index (χ1v) is 10.4. The van der Waals surface area contributed by atoms with Gasteiger partial charge in [-0.2, -0.15) is 0 Å². The highest BCUT2D eigenvalue weighted by Gasteiger charge is 2.21. The molecule has 1 aliphatic rings. The third-order valence-electron chi connectivity index (χ3n) is 4.62. The Bertz CT molecular complexity index is 787. The highest BCUT2D eigenvalue weighted by molar-refractivity contribution is 7.98. The molecule has 1 amide bonds. The maximum atomic E-state index is 11.8. The second-order valence-electron chi connectivity index (χ2n) is 6.44. The summed E-state index contributed by atoms with van der Waals surface area (Å²) in [5.74, 6) is 0.985. The number of hydrogen-bond donors (Lipinski definition) is 2. The Morgan fingerprint density at radius 3 is 2.11 bits per heavy atom. The van der Waals surface area contributed by atoms with Crippen LogP contribution >= 0.6 is 11.8 Å². The van der Waals surface area contributed by atoms with Crippen LogP contribution in [0.15, 0.2) is 58.4 Å². The van der Waals surface area contributed by atoms with Gasteiger partial charge in [-0.1, -0.05) is 24.3 Å². The molecule has 1 saturated heterocycles. The van der Waals surface area contributed by atoms with Crippen molar-refractivity contribution in [1.29, 1.82) is 0 Å². The zero-order chi connectivity index (χ0) is 19.1. The summed E-state index contributed by atoms with van der Waals surface area (Å²) in [6, 6.07) is 16.7. The fourth-order valence-corrected chi connectivity index (χ4v) is 3.46. The summed E-state index contributed by atoms with van der Waals surface area (Å²) < 4.78 is 0. The van der Waals surface area contributed by atoms with Crippen molar-refractivity contribution in [3.05, 3.63) is 59.7 Å². The van der Waals surface area contributed by atoms with Gasteiger partial charge in [-0.25, -0.2) is 0 Å². The van der Waals surface area contributed by atoms with Crippen molar-refractivity contribution in [2.24, 2.45) is 4.99 Å². The van der Waals surface area contributed by atoms with Gasteiger partial charge in [0, 0.05) is 43.7 Å². The van der Waals surface area contributed by atoms with Crippen LogP contribution in [0.3, 0.4) is 0 Å². The number of guanidine groups is 1. The summed E-state index contributed by atoms with van der Waals surface area (Å²) in [6.45, 7) is 2.23. The molecule has 2 N–H and O–H groups in total. The summed E-state index contributed by atoms with van der Waals surface area (Å²) in [6.07, 6.45) is 3.68. The topological polar surface area (TPSA) is 56.7 Å². The molecule has 0 unspecified atom stereocenters. The number of hydrogen-bond acceptors (Lipinski definition) is 3. The molecule has 6 heteroatoms. The third-order valence-corrected chi connectivity index (χ3v) is 5.37. The predicted octanol–water partition coefficient (Wildman–Crippen LogP) is 3.40. The van der Waals surface area contributed by atoms with Gasteiger partial charge in [-0.15, -0.1) is 11.8 Å². The highest BCUT2D eigenvalue weighted by atomic mass is 32.2. The molecule has 3 rings (SSSR count). The lowest BCUT2D eigenvalue weighted by Gasteiger charge is -2.16. The summed E-state index contributed by atoms with van der Waals surface area (Å²) in [5.41, 5.74) is 3.35. The van der Waals surface area contributed by atoms with E-state index in [2.05, 4.69) is 58.3 Å². The number of benzene rings is 2. The van der Waals surface area contributed by atoms with Crippen LogP contribution < -0.4 is 15.5 Å². The fourth-order valence-electron chi connectivity index (χ4n) is 3.05. The average Bonchev–Trinajstić information content (AvgIpc) is 3.15. The Kier molecular flexibility index (Phi) is 6.76. The zero-order valence-corrected chi connectivity index (χ0v) is 16.7. The van der Waals surface area contributed by atoms with Crippen molar-refractivity contribution >= 4 is 29.3 Å². The van der Waals surface area contributed by atoms with E-state index >= 15 is 0 Å². The molecule has 27 heavy (non-hydrogen) atoms. The molecule has 0 atom stereocenters. The Morgan fingerprint density at radius 2 is 1.63 bits per heavy atom. The molecule has 0 spiro atoms. The molecule has 1 heterocycles. The second-order valence-corrected chi connectivity index (χ2v) is 7.32. The number of rotatable bonds is 6. The van der Waals surface area contributed by atoms with Crippen LogP contribution in [0.5, 0.6) is 0 Å². The van der Waals surface area contributed by atoms with Crippen LogP contribution in [0.1, 0.15) is 24.0 Å². The molecule has 142 valence electrons. The summed E-state index contributed by atoms with van der Waals surface area (Å²) in [4.78, 5) is 19.2. The quantitative estimate of drug-likeness (QED) is 0.457. The van der Waals surface area contributed by atoms with Gasteiger partial charge in [0.25, 0.3) is 0 Å². The highest BCUT2D eigenvalue weighted by Crippen LogP contribution is 2.21. The maximum absolute atomic E-state index is 11.8. The van der Waals surface area contributed by atoms with E-state index in [9.17, 15) is 4.79 Å². The second kappa shape index (κ2) is 9.46. The Balaban J connectivity index is 1.49. The monoisotopic (exact) mass is 382 g/mol. The molecular weight excluding hydrogens is 356 g/mol. The van der Waals surface area contributed by atoms with Crippen LogP contribution in [0, 0.1) is 0 Å². The van der Waals surface area contributed by atoms with Crippen molar-refractivity contribution in [3.8, 4) is 0 Å². The number of carbonyl (C=O) groups excluding carboxylic acids is 1. The van der Waals surface area contributed by atoms with Crippen LogP contribution in [0.2, 0.25) is 0 Å². The average molecular weight is 383 g/mol. The van der Waals surface area contributed by atoms with Gasteiger partial charge in [0.1, 0.15) is 0 Å². The van der Waals surface area contributed by atoms with Crippen LogP contribution in [0.4, 0.5) is 5.69 Å². The molecule has 0 aromatic heterocycles. The van der Waals surface area contributed by atoms with Gasteiger partial charge in [-0.05, 0) is 48.1 Å². The van der Waals surface area contributed by atoms with Crippen molar-refractivity contribution in [3.63, 3.8) is 0 Å². The first-order chi connectivity index (χ1) is 13.2. The molecule has 2 aromatic carbocycles. The van der Waals surface area contributed by atoms with Crippen molar-refractivity contribution in [2.45, 2.75) is 30.8 Å². The van der Waals surface area contributed by atoms with Gasteiger partial charge in [0.2, 0.25) is 5.91 Å². The van der Waals surface area contributed by atoms with Gasteiger partial charge < -0.3 is 15.5 Å². The summed E-state index contributed by atoms with van der Waals surface area (Å²) in [5, 5.41) is 6.67. The Morgan fingerprint density at radius 1 is 1.04 bits per heavy atom. The minimum atomic E-state index is 0.219. The number of nitrogens with one attached hydrogen (secondary N) is 2. The molecule has 2 aromatic rings. The van der Waals surface area contributed by atoms with Crippen LogP contribution in [-0.2, 0) is 17.9 Å². The van der Waals surface area contributed by atoms with E-state index in [0.717, 1.165) is 36.7 Å². The van der Waals surface area contributed by atoms with Gasteiger partial charge in [-0.3, -0.25) is 9.79 Å². The minimum absolute atomic E-state index is 0.219. The SMILES string of the molecule is CN=C(NCc1ccc(SC)cc1)NCc1ccc(N2CCCC2=O)cc1. The van der Waals surface area contributed by atoms with Crippen LogP contribution in [-0.4, -0.2) is 31.7 Å². The van der Waals surface area contributed by atoms with Gasteiger partial charge >= 0.3 is 0 Å². The lowest BCUT2D eigenvalue weighted by molar-refractivity contribution is -0.117. The number of thioether (sulfide) groups is 1. The lowest BCUT2D eigenvalue weighted by atomic mass is 10.2. The molecule has 1 aliphatic heterocycles.